The van der Waals surface area contributed by atoms with Crippen LogP contribution in [-0.4, -0.2) is 69.8 Å². The largest absolute Gasteiger partial charge is 0.416 e. The van der Waals surface area contributed by atoms with Crippen molar-refractivity contribution in [3.05, 3.63) is 23.8 Å². The Hall–Kier alpha value is -2.33. The lowest BCUT2D eigenvalue weighted by molar-refractivity contribution is -0.137. The summed E-state index contributed by atoms with van der Waals surface area (Å²) in [5, 5.41) is 2.63. The van der Waals surface area contributed by atoms with Gasteiger partial charge in [0.25, 0.3) is 0 Å². The summed E-state index contributed by atoms with van der Waals surface area (Å²) < 4.78 is 49.8. The molecule has 2 aliphatic rings. The highest BCUT2D eigenvalue weighted by molar-refractivity contribution is 5.99. The minimum absolute atomic E-state index is 0.0292. The van der Waals surface area contributed by atoms with Crippen molar-refractivity contribution in [2.75, 3.05) is 63.3 Å². The highest BCUT2D eigenvalue weighted by atomic mass is 19.4. The highest BCUT2D eigenvalue weighted by Gasteiger charge is 2.35. The van der Waals surface area contributed by atoms with Crippen LogP contribution in [0.15, 0.2) is 18.2 Å². The number of ether oxygens (including phenoxy) is 2. The molecule has 7 nitrogen and oxygen atoms in total. The van der Waals surface area contributed by atoms with Gasteiger partial charge >= 0.3 is 6.18 Å². The van der Waals surface area contributed by atoms with Gasteiger partial charge in [-0.3, -0.25) is 9.59 Å². The Morgan fingerprint density at radius 3 is 2.69 bits per heavy atom. The van der Waals surface area contributed by atoms with Gasteiger partial charge in [0.2, 0.25) is 11.8 Å². The molecule has 10 heteroatoms. The molecule has 0 radical (unpaired) electrons. The first kappa shape index (κ1) is 21.4. The van der Waals surface area contributed by atoms with Gasteiger partial charge in [-0.1, -0.05) is 0 Å². The number of halogens is 3. The molecule has 0 saturated carbocycles. The molecule has 2 amide bonds. The van der Waals surface area contributed by atoms with E-state index in [0.717, 1.165) is 12.1 Å². The van der Waals surface area contributed by atoms with Crippen molar-refractivity contribution in [2.45, 2.75) is 12.6 Å². The number of carbonyl (C=O) groups excluding carboxylic acids is 2. The van der Waals surface area contributed by atoms with Crippen molar-refractivity contribution < 1.29 is 32.2 Å². The third-order valence-corrected chi connectivity index (χ3v) is 5.08. The molecule has 160 valence electrons. The molecule has 0 aromatic heterocycles. The van der Waals surface area contributed by atoms with Crippen LogP contribution in [0.2, 0.25) is 0 Å². The maximum atomic E-state index is 13.2. The van der Waals surface area contributed by atoms with Crippen LogP contribution < -0.4 is 10.2 Å². The number of nitrogens with one attached hydrogen (secondary N) is 1. The minimum atomic E-state index is -4.52. The molecule has 1 aromatic rings. The number of carbonyl (C=O) groups is 2. The Morgan fingerprint density at radius 2 is 2.03 bits per heavy atom. The smallest absolute Gasteiger partial charge is 0.383 e. The van der Waals surface area contributed by atoms with Crippen LogP contribution >= 0.6 is 0 Å². The van der Waals surface area contributed by atoms with Gasteiger partial charge in [0.1, 0.15) is 0 Å². The summed E-state index contributed by atoms with van der Waals surface area (Å²) in [4.78, 5) is 28.2. The average Bonchev–Trinajstić information content (AvgIpc) is 3.07. The number of hydrogen-bond acceptors (Lipinski definition) is 5. The van der Waals surface area contributed by atoms with Gasteiger partial charge in [0.15, 0.2) is 0 Å². The van der Waals surface area contributed by atoms with Crippen LogP contribution in [0.4, 0.5) is 24.5 Å². The minimum Gasteiger partial charge on any atom is -0.383 e. The van der Waals surface area contributed by atoms with E-state index in [-0.39, 0.29) is 24.6 Å². The molecule has 2 fully saturated rings. The van der Waals surface area contributed by atoms with Gasteiger partial charge in [-0.05, 0) is 18.2 Å². The van der Waals surface area contributed by atoms with Gasteiger partial charge in [0, 0.05) is 39.7 Å². The summed E-state index contributed by atoms with van der Waals surface area (Å²) in [5.74, 6) is -1.25. The van der Waals surface area contributed by atoms with Crippen LogP contribution in [0, 0.1) is 5.92 Å². The molecule has 0 spiro atoms. The molecule has 0 aliphatic carbocycles. The molecule has 2 saturated heterocycles. The number of amides is 2. The Balaban J connectivity index is 1.78. The van der Waals surface area contributed by atoms with Crippen molar-refractivity contribution in [1.82, 2.24) is 4.90 Å². The molecule has 29 heavy (non-hydrogen) atoms. The van der Waals surface area contributed by atoms with Crippen LogP contribution in [0.3, 0.4) is 0 Å². The maximum Gasteiger partial charge on any atom is 0.416 e. The van der Waals surface area contributed by atoms with Gasteiger partial charge < -0.3 is 24.6 Å². The first-order valence-corrected chi connectivity index (χ1v) is 9.41. The number of anilines is 2. The van der Waals surface area contributed by atoms with E-state index < -0.39 is 23.6 Å². The van der Waals surface area contributed by atoms with E-state index >= 15 is 0 Å². The second kappa shape index (κ2) is 9.00. The third-order valence-electron chi connectivity index (χ3n) is 5.08. The van der Waals surface area contributed by atoms with E-state index in [1.165, 1.54) is 18.1 Å². The lowest BCUT2D eigenvalue weighted by Crippen LogP contribution is -2.37. The van der Waals surface area contributed by atoms with E-state index in [4.69, 9.17) is 9.47 Å². The Morgan fingerprint density at radius 1 is 1.31 bits per heavy atom. The van der Waals surface area contributed by atoms with Crippen molar-refractivity contribution in [1.29, 1.82) is 0 Å². The molecule has 2 heterocycles. The van der Waals surface area contributed by atoms with E-state index in [0.29, 0.717) is 45.1 Å². The van der Waals surface area contributed by atoms with E-state index in [2.05, 4.69) is 5.32 Å². The second-order valence-corrected chi connectivity index (χ2v) is 7.05. The highest BCUT2D eigenvalue weighted by Crippen LogP contribution is 2.36. The van der Waals surface area contributed by atoms with Gasteiger partial charge in [0.05, 0.1) is 42.7 Å². The first-order valence-electron chi connectivity index (χ1n) is 9.41. The fourth-order valence-corrected chi connectivity index (χ4v) is 3.49. The standard InChI is InChI=1S/C19H24F3N3O4/c1-28-7-4-25-12-13(10-17(25)26)18(27)23-15-11-14(19(20,21)22)2-3-16(15)24-5-8-29-9-6-24/h2-3,11,13H,4-10,12H2,1H3,(H,23,27). The van der Waals surface area contributed by atoms with E-state index in [1.54, 1.807) is 0 Å². The summed E-state index contributed by atoms with van der Waals surface area (Å²) in [6.45, 7) is 2.90. The quantitative estimate of drug-likeness (QED) is 0.770. The molecular weight excluding hydrogens is 391 g/mol. The Bertz CT molecular complexity index is 751. The molecular formula is C19H24F3N3O4. The zero-order valence-corrected chi connectivity index (χ0v) is 16.1. The summed E-state index contributed by atoms with van der Waals surface area (Å²) in [5.41, 5.74) is -0.237. The number of nitrogens with zero attached hydrogens (tertiary/aromatic N) is 2. The van der Waals surface area contributed by atoms with Crippen LogP contribution in [0.5, 0.6) is 0 Å². The van der Waals surface area contributed by atoms with Crippen molar-refractivity contribution in [3.8, 4) is 0 Å². The number of alkyl halides is 3. The molecule has 1 N–H and O–H groups in total. The van der Waals surface area contributed by atoms with Gasteiger partial charge in [-0.15, -0.1) is 0 Å². The molecule has 0 bridgehead atoms. The zero-order valence-electron chi connectivity index (χ0n) is 16.1. The molecule has 1 aromatic carbocycles. The van der Waals surface area contributed by atoms with Crippen LogP contribution in [0.25, 0.3) is 0 Å². The van der Waals surface area contributed by atoms with Crippen molar-refractivity contribution >= 4 is 23.2 Å². The number of hydrogen-bond donors (Lipinski definition) is 1. The number of morpholine rings is 1. The molecule has 1 unspecified atom stereocenters. The van der Waals surface area contributed by atoms with Crippen molar-refractivity contribution in [2.24, 2.45) is 5.92 Å². The lowest BCUT2D eigenvalue weighted by atomic mass is 10.1. The van der Waals surface area contributed by atoms with E-state index in [1.807, 2.05) is 4.90 Å². The average molecular weight is 415 g/mol. The molecule has 1 atom stereocenters. The summed E-state index contributed by atoms with van der Waals surface area (Å²) in [7, 11) is 1.52. The second-order valence-electron chi connectivity index (χ2n) is 7.05. The fourth-order valence-electron chi connectivity index (χ4n) is 3.49. The Kier molecular flexibility index (Phi) is 6.63. The maximum absolute atomic E-state index is 13.2. The van der Waals surface area contributed by atoms with Crippen LogP contribution in [-0.2, 0) is 25.2 Å². The normalized spacial score (nSPS) is 20.3. The number of rotatable bonds is 6. The Labute approximate surface area is 166 Å². The summed E-state index contributed by atoms with van der Waals surface area (Å²) in [6, 6.07) is 3.32. The van der Waals surface area contributed by atoms with Crippen molar-refractivity contribution in [3.63, 3.8) is 0 Å². The summed E-state index contributed by atoms with van der Waals surface area (Å²) in [6.07, 6.45) is -4.50. The zero-order chi connectivity index (χ0) is 21.0. The number of benzene rings is 1. The van der Waals surface area contributed by atoms with Gasteiger partial charge in [-0.2, -0.15) is 13.2 Å². The molecule has 3 rings (SSSR count). The predicted octanol–water partition coefficient (Wildman–Crippen LogP) is 1.98. The van der Waals surface area contributed by atoms with Gasteiger partial charge in [-0.25, -0.2) is 0 Å². The monoisotopic (exact) mass is 415 g/mol. The predicted molar refractivity (Wildman–Crippen MR) is 99.7 cm³/mol. The number of likely N-dealkylation sites (tertiary alicyclic amines) is 1. The van der Waals surface area contributed by atoms with Crippen LogP contribution in [0.1, 0.15) is 12.0 Å². The number of methoxy groups -OCH3 is 1. The summed E-state index contributed by atoms with van der Waals surface area (Å²) >= 11 is 0. The SMILES string of the molecule is COCCN1CC(C(=O)Nc2cc(C(F)(F)F)ccc2N2CCOCC2)CC1=O. The topological polar surface area (TPSA) is 71.1 Å². The fraction of sp³-hybridized carbons (Fsp3) is 0.579. The van der Waals surface area contributed by atoms with E-state index in [9.17, 15) is 22.8 Å². The third kappa shape index (κ3) is 5.18. The first-order chi connectivity index (χ1) is 13.8. The molecule has 2 aliphatic heterocycles. The lowest BCUT2D eigenvalue weighted by Gasteiger charge is -2.31.